The molecule has 3 rings (SSSR count). The summed E-state index contributed by atoms with van der Waals surface area (Å²) in [5, 5.41) is 13.3. The lowest BCUT2D eigenvalue weighted by atomic mass is 10.1. The molecule has 0 bridgehead atoms. The SMILES string of the molecule is O=C1NC(=Cc2cccc([N+](=O)[O-])c2)C(=O)N1Cc1ccc(Br)cc1. The summed E-state index contributed by atoms with van der Waals surface area (Å²) in [5.74, 6) is -0.473. The van der Waals surface area contributed by atoms with Crippen molar-refractivity contribution >= 4 is 39.6 Å². The van der Waals surface area contributed by atoms with Gasteiger partial charge in [0.2, 0.25) is 0 Å². The lowest BCUT2D eigenvalue weighted by molar-refractivity contribution is -0.384. The molecule has 126 valence electrons. The molecule has 8 heteroatoms. The Morgan fingerprint density at radius 1 is 1.16 bits per heavy atom. The number of benzene rings is 2. The summed E-state index contributed by atoms with van der Waals surface area (Å²) in [5.41, 5.74) is 1.27. The number of non-ortho nitro benzene ring substituents is 1. The van der Waals surface area contributed by atoms with Gasteiger partial charge < -0.3 is 5.32 Å². The fourth-order valence-electron chi connectivity index (χ4n) is 2.38. The van der Waals surface area contributed by atoms with Crippen LogP contribution < -0.4 is 5.32 Å². The van der Waals surface area contributed by atoms with Crippen LogP contribution in [0.4, 0.5) is 10.5 Å². The third-order valence-corrected chi connectivity index (χ3v) is 4.14. The molecule has 7 nitrogen and oxygen atoms in total. The number of nitrogens with one attached hydrogen (secondary N) is 1. The Morgan fingerprint density at radius 2 is 1.88 bits per heavy atom. The average molecular weight is 402 g/mol. The molecule has 1 aliphatic heterocycles. The highest BCUT2D eigenvalue weighted by Gasteiger charge is 2.33. The number of halogens is 1. The van der Waals surface area contributed by atoms with Crippen LogP contribution in [0, 0.1) is 10.1 Å². The van der Waals surface area contributed by atoms with Crippen molar-refractivity contribution in [3.63, 3.8) is 0 Å². The fourth-order valence-corrected chi connectivity index (χ4v) is 2.65. The van der Waals surface area contributed by atoms with Crippen LogP contribution in [0.25, 0.3) is 6.08 Å². The second-order valence-electron chi connectivity index (χ2n) is 5.36. The molecule has 1 fully saturated rings. The lowest BCUT2D eigenvalue weighted by Crippen LogP contribution is -2.30. The Hall–Kier alpha value is -3.00. The molecule has 2 aromatic carbocycles. The van der Waals surface area contributed by atoms with Crippen molar-refractivity contribution in [2.24, 2.45) is 0 Å². The molecular formula is C17H12BrN3O4. The maximum atomic E-state index is 12.4. The third kappa shape index (κ3) is 3.74. The predicted octanol–water partition coefficient (Wildman–Crippen LogP) is 3.45. The number of carbonyl (C=O) groups excluding carboxylic acids is 2. The van der Waals surface area contributed by atoms with Crippen LogP contribution >= 0.6 is 15.9 Å². The Labute approximate surface area is 151 Å². The van der Waals surface area contributed by atoms with Crippen LogP contribution in [-0.2, 0) is 11.3 Å². The molecule has 1 N–H and O–H groups in total. The lowest BCUT2D eigenvalue weighted by Gasteiger charge is -2.11. The number of nitrogens with zero attached hydrogens (tertiary/aromatic N) is 2. The van der Waals surface area contributed by atoms with Gasteiger partial charge in [-0.15, -0.1) is 0 Å². The number of nitro benzene ring substituents is 1. The molecule has 1 saturated heterocycles. The molecule has 0 saturated carbocycles. The highest BCUT2D eigenvalue weighted by atomic mass is 79.9. The maximum Gasteiger partial charge on any atom is 0.329 e. The number of rotatable bonds is 4. The fraction of sp³-hybridized carbons (Fsp3) is 0.0588. The third-order valence-electron chi connectivity index (χ3n) is 3.61. The van der Waals surface area contributed by atoms with Gasteiger partial charge >= 0.3 is 6.03 Å². The first-order valence-electron chi connectivity index (χ1n) is 7.27. The van der Waals surface area contributed by atoms with E-state index in [0.29, 0.717) is 5.56 Å². The quantitative estimate of drug-likeness (QED) is 0.367. The summed E-state index contributed by atoms with van der Waals surface area (Å²) in [6, 6.07) is 12.6. The Morgan fingerprint density at radius 3 is 2.56 bits per heavy atom. The van der Waals surface area contributed by atoms with E-state index >= 15 is 0 Å². The number of imide groups is 1. The minimum atomic E-state index is -0.524. The van der Waals surface area contributed by atoms with Crippen molar-refractivity contribution in [2.75, 3.05) is 0 Å². The summed E-state index contributed by atoms with van der Waals surface area (Å²) < 4.78 is 0.903. The molecule has 1 heterocycles. The van der Waals surface area contributed by atoms with Gasteiger partial charge in [-0.3, -0.25) is 19.8 Å². The Kier molecular flexibility index (Phi) is 4.62. The van der Waals surface area contributed by atoms with Crippen molar-refractivity contribution in [1.82, 2.24) is 10.2 Å². The van der Waals surface area contributed by atoms with E-state index in [1.54, 1.807) is 6.07 Å². The van der Waals surface area contributed by atoms with Gasteiger partial charge in [0.25, 0.3) is 11.6 Å². The van der Waals surface area contributed by atoms with Gasteiger partial charge in [0.05, 0.1) is 11.5 Å². The molecule has 1 aliphatic rings. The summed E-state index contributed by atoms with van der Waals surface area (Å²) in [7, 11) is 0. The van der Waals surface area contributed by atoms with Crippen LogP contribution in [-0.4, -0.2) is 21.8 Å². The zero-order chi connectivity index (χ0) is 18.0. The molecule has 3 amide bonds. The van der Waals surface area contributed by atoms with Crippen LogP contribution in [0.15, 0.2) is 58.7 Å². The largest absolute Gasteiger partial charge is 0.329 e. The van der Waals surface area contributed by atoms with Crippen molar-refractivity contribution in [2.45, 2.75) is 6.54 Å². The van der Waals surface area contributed by atoms with Crippen molar-refractivity contribution in [1.29, 1.82) is 0 Å². The summed E-state index contributed by atoms with van der Waals surface area (Å²) in [6.45, 7) is 0.143. The zero-order valence-electron chi connectivity index (χ0n) is 12.8. The van der Waals surface area contributed by atoms with E-state index in [1.807, 2.05) is 24.3 Å². The monoisotopic (exact) mass is 401 g/mol. The summed E-state index contributed by atoms with van der Waals surface area (Å²) in [4.78, 5) is 35.9. The van der Waals surface area contributed by atoms with E-state index < -0.39 is 16.9 Å². The number of hydrogen-bond donors (Lipinski definition) is 1. The van der Waals surface area contributed by atoms with E-state index in [0.717, 1.165) is 14.9 Å². The van der Waals surface area contributed by atoms with Crippen LogP contribution in [0.3, 0.4) is 0 Å². The van der Waals surface area contributed by atoms with Gasteiger partial charge in [0.1, 0.15) is 5.70 Å². The number of carbonyl (C=O) groups is 2. The molecule has 25 heavy (non-hydrogen) atoms. The highest BCUT2D eigenvalue weighted by Crippen LogP contribution is 2.20. The molecule has 0 aromatic heterocycles. The van der Waals surface area contributed by atoms with Crippen LogP contribution in [0.5, 0.6) is 0 Å². The van der Waals surface area contributed by atoms with Crippen molar-refractivity contribution in [3.05, 3.63) is 79.9 Å². The van der Waals surface area contributed by atoms with Crippen molar-refractivity contribution < 1.29 is 14.5 Å². The smallest absolute Gasteiger partial charge is 0.303 e. The molecule has 2 aromatic rings. The summed E-state index contributed by atoms with van der Waals surface area (Å²) in [6.07, 6.45) is 1.43. The molecular weight excluding hydrogens is 390 g/mol. The average Bonchev–Trinajstić information content (AvgIpc) is 2.84. The molecule has 0 radical (unpaired) electrons. The van der Waals surface area contributed by atoms with Gasteiger partial charge in [-0.05, 0) is 29.3 Å². The van der Waals surface area contributed by atoms with Gasteiger partial charge in [-0.25, -0.2) is 4.79 Å². The molecule has 0 unspecified atom stereocenters. The molecule has 0 spiro atoms. The van der Waals surface area contributed by atoms with E-state index in [4.69, 9.17) is 0 Å². The first-order chi connectivity index (χ1) is 11.9. The van der Waals surface area contributed by atoms with E-state index in [1.165, 1.54) is 24.3 Å². The Balaban J connectivity index is 1.82. The van der Waals surface area contributed by atoms with E-state index in [2.05, 4.69) is 21.2 Å². The molecule has 0 aliphatic carbocycles. The van der Waals surface area contributed by atoms with Gasteiger partial charge in [0, 0.05) is 16.6 Å². The van der Waals surface area contributed by atoms with E-state index in [-0.39, 0.29) is 17.9 Å². The highest BCUT2D eigenvalue weighted by molar-refractivity contribution is 9.10. The first kappa shape index (κ1) is 16.8. The second-order valence-corrected chi connectivity index (χ2v) is 6.27. The van der Waals surface area contributed by atoms with Crippen LogP contribution in [0.2, 0.25) is 0 Å². The topological polar surface area (TPSA) is 92.5 Å². The van der Waals surface area contributed by atoms with Gasteiger partial charge in [0.15, 0.2) is 0 Å². The zero-order valence-corrected chi connectivity index (χ0v) is 14.4. The minimum Gasteiger partial charge on any atom is -0.303 e. The van der Waals surface area contributed by atoms with Crippen LogP contribution in [0.1, 0.15) is 11.1 Å². The molecule has 0 atom stereocenters. The first-order valence-corrected chi connectivity index (χ1v) is 8.07. The number of nitro groups is 1. The Bertz CT molecular complexity index is 893. The maximum absolute atomic E-state index is 12.4. The number of amides is 3. The standard InChI is InChI=1S/C17H12BrN3O4/c18-13-6-4-11(5-7-13)10-20-16(22)15(19-17(20)23)9-12-2-1-3-14(8-12)21(24)25/h1-9H,10H2,(H,19,23). The van der Waals surface area contributed by atoms with Crippen molar-refractivity contribution in [3.8, 4) is 0 Å². The second kappa shape index (κ2) is 6.86. The normalized spacial score (nSPS) is 15.6. The predicted molar refractivity (Wildman–Crippen MR) is 94.3 cm³/mol. The van der Waals surface area contributed by atoms with Gasteiger partial charge in [-0.1, -0.05) is 40.2 Å². The summed E-state index contributed by atoms with van der Waals surface area (Å²) >= 11 is 3.33. The minimum absolute atomic E-state index is 0.0853. The van der Waals surface area contributed by atoms with Gasteiger partial charge in [-0.2, -0.15) is 0 Å². The van der Waals surface area contributed by atoms with E-state index in [9.17, 15) is 19.7 Å². The number of hydrogen-bond acceptors (Lipinski definition) is 4. The number of urea groups is 1.